The number of likely N-dealkylation sites (N-methyl/N-ethyl adjacent to an activating group) is 1. The first-order valence-electron chi connectivity index (χ1n) is 12.5. The van der Waals surface area contributed by atoms with Crippen LogP contribution >= 0.6 is 0 Å². The number of aromatic amines is 1. The summed E-state index contributed by atoms with van der Waals surface area (Å²) in [7, 11) is 1.49. The third kappa shape index (κ3) is 3.99. The molecule has 10 heteroatoms. The van der Waals surface area contributed by atoms with E-state index in [4.69, 9.17) is 6.57 Å². The van der Waals surface area contributed by atoms with E-state index in [1.54, 1.807) is 6.07 Å². The van der Waals surface area contributed by atoms with Gasteiger partial charge in [0, 0.05) is 30.7 Å². The Kier molecular flexibility index (Phi) is 6.39. The lowest BCUT2D eigenvalue weighted by Crippen LogP contribution is -2.51. The number of H-pyrrole nitrogens is 1. The summed E-state index contributed by atoms with van der Waals surface area (Å²) in [5.41, 5.74) is 0.558. The monoisotopic (exact) mass is 519 g/mol. The van der Waals surface area contributed by atoms with Gasteiger partial charge in [-0.1, -0.05) is 38.0 Å². The van der Waals surface area contributed by atoms with E-state index < -0.39 is 41.1 Å². The lowest BCUT2D eigenvalue weighted by molar-refractivity contribution is -0.136. The van der Waals surface area contributed by atoms with Crippen LogP contribution in [0.25, 0.3) is 15.7 Å². The highest BCUT2D eigenvalue weighted by atomic mass is 19.1. The number of anilines is 1. The van der Waals surface area contributed by atoms with Gasteiger partial charge >= 0.3 is 6.17 Å². The maximum absolute atomic E-state index is 14.2. The molecule has 2 aliphatic heterocycles. The van der Waals surface area contributed by atoms with Crippen molar-refractivity contribution in [3.63, 3.8) is 0 Å². The summed E-state index contributed by atoms with van der Waals surface area (Å²) in [4.78, 5) is 49.6. The number of carbonyl (C=O) groups is 3. The van der Waals surface area contributed by atoms with Crippen LogP contribution in [-0.4, -0.2) is 58.3 Å². The van der Waals surface area contributed by atoms with Crippen molar-refractivity contribution in [2.24, 2.45) is 0 Å². The lowest BCUT2D eigenvalue weighted by Gasteiger charge is -2.31. The van der Waals surface area contributed by atoms with E-state index in [1.165, 1.54) is 22.9 Å². The fraction of sp³-hybridized carbons (Fsp3) is 0.357. The first kappa shape index (κ1) is 25.4. The Morgan fingerprint density at radius 2 is 2.03 bits per heavy atom. The summed E-state index contributed by atoms with van der Waals surface area (Å²) < 4.78 is 27.9. The molecule has 1 fully saturated rings. The van der Waals surface area contributed by atoms with Crippen molar-refractivity contribution >= 4 is 34.3 Å². The Morgan fingerprint density at radius 3 is 2.76 bits per heavy atom. The summed E-state index contributed by atoms with van der Waals surface area (Å²) in [5, 5.41) is 2.95. The van der Waals surface area contributed by atoms with E-state index in [0.717, 1.165) is 24.1 Å². The molecular formula is C28H27F2N5O3. The van der Waals surface area contributed by atoms with Crippen LogP contribution in [-0.2, 0) is 15.0 Å². The maximum atomic E-state index is 14.2. The highest BCUT2D eigenvalue weighted by molar-refractivity contribution is 6.07. The SMILES string of the molecule is [C-]#[N+][C@@H]1C[C@@]2(CN1C(=O)[C@H](CCCC)N(C)C(=O)c1cc3c(F)cc(F)cc3[nH]1)C(=O)Nc1ccccc12. The topological polar surface area (TPSA) is 89.9 Å². The highest BCUT2D eigenvalue weighted by Crippen LogP contribution is 2.47. The van der Waals surface area contributed by atoms with Gasteiger partial charge in [-0.15, -0.1) is 0 Å². The van der Waals surface area contributed by atoms with Crippen molar-refractivity contribution < 1.29 is 23.2 Å². The van der Waals surface area contributed by atoms with Crippen molar-refractivity contribution in [2.75, 3.05) is 18.9 Å². The predicted octanol–water partition coefficient (Wildman–Crippen LogP) is 4.44. The van der Waals surface area contributed by atoms with Crippen LogP contribution in [0.5, 0.6) is 0 Å². The predicted molar refractivity (Wildman–Crippen MR) is 137 cm³/mol. The van der Waals surface area contributed by atoms with Gasteiger partial charge in [0.05, 0.1) is 11.9 Å². The minimum atomic E-state index is -1.03. The van der Waals surface area contributed by atoms with Gasteiger partial charge < -0.3 is 15.2 Å². The van der Waals surface area contributed by atoms with Gasteiger partial charge in [0.2, 0.25) is 5.91 Å². The fourth-order valence-electron chi connectivity index (χ4n) is 5.63. The minimum Gasteiger partial charge on any atom is -0.350 e. The molecule has 1 aromatic heterocycles. The molecular weight excluding hydrogens is 492 g/mol. The van der Waals surface area contributed by atoms with Gasteiger partial charge in [0.25, 0.3) is 11.8 Å². The van der Waals surface area contributed by atoms with Gasteiger partial charge in [-0.3, -0.25) is 24.1 Å². The van der Waals surface area contributed by atoms with Crippen molar-refractivity contribution in [3.05, 3.63) is 76.8 Å². The summed E-state index contributed by atoms with van der Waals surface area (Å²) in [6, 6.07) is 9.51. The second-order valence-electron chi connectivity index (χ2n) is 9.97. The number of unbranched alkanes of at least 4 members (excludes halogenated alkanes) is 1. The molecule has 0 radical (unpaired) electrons. The first-order chi connectivity index (χ1) is 18.2. The summed E-state index contributed by atoms with van der Waals surface area (Å²) >= 11 is 0. The molecule has 38 heavy (non-hydrogen) atoms. The van der Waals surface area contributed by atoms with E-state index >= 15 is 0 Å². The van der Waals surface area contributed by atoms with Crippen molar-refractivity contribution in [1.82, 2.24) is 14.8 Å². The number of para-hydroxylation sites is 1. The Hall–Kier alpha value is -4.26. The highest BCUT2D eigenvalue weighted by Gasteiger charge is 2.59. The molecule has 1 spiro atoms. The molecule has 0 unspecified atom stereocenters. The number of aromatic nitrogens is 1. The number of halogens is 2. The Labute approximate surface area is 218 Å². The Bertz CT molecular complexity index is 1500. The molecule has 0 saturated carbocycles. The van der Waals surface area contributed by atoms with Crippen molar-refractivity contribution in [3.8, 4) is 0 Å². The third-order valence-corrected chi connectivity index (χ3v) is 7.68. The van der Waals surface area contributed by atoms with Crippen LogP contribution in [0.15, 0.2) is 42.5 Å². The largest absolute Gasteiger partial charge is 0.350 e. The number of amides is 3. The van der Waals surface area contributed by atoms with Crippen LogP contribution in [0.2, 0.25) is 0 Å². The molecule has 2 N–H and O–H groups in total. The zero-order valence-corrected chi connectivity index (χ0v) is 21.1. The molecule has 0 aliphatic carbocycles. The van der Waals surface area contributed by atoms with Crippen molar-refractivity contribution in [1.29, 1.82) is 0 Å². The molecule has 1 saturated heterocycles. The van der Waals surface area contributed by atoms with Gasteiger partial charge in [-0.25, -0.2) is 15.4 Å². The molecule has 3 atom stereocenters. The second kappa shape index (κ2) is 9.56. The number of rotatable bonds is 6. The van der Waals surface area contributed by atoms with Gasteiger partial charge in [-0.2, -0.15) is 0 Å². The average molecular weight is 520 g/mol. The molecule has 0 bridgehead atoms. The van der Waals surface area contributed by atoms with Gasteiger partial charge in [0.15, 0.2) is 0 Å². The van der Waals surface area contributed by atoms with Crippen LogP contribution in [0.3, 0.4) is 0 Å². The summed E-state index contributed by atoms with van der Waals surface area (Å²) in [5.74, 6) is -2.80. The smallest absolute Gasteiger partial charge is 0.302 e. The van der Waals surface area contributed by atoms with Gasteiger partial charge in [0.1, 0.15) is 28.8 Å². The number of fused-ring (bicyclic) bond motifs is 3. The first-order valence-corrected chi connectivity index (χ1v) is 12.5. The molecule has 3 aromatic rings. The number of hydrogen-bond donors (Lipinski definition) is 2. The van der Waals surface area contributed by atoms with Crippen molar-refractivity contribution in [2.45, 2.75) is 50.2 Å². The number of nitrogens with one attached hydrogen (secondary N) is 2. The molecule has 5 rings (SSSR count). The minimum absolute atomic E-state index is 0.0185. The van der Waals surface area contributed by atoms with E-state index in [1.807, 2.05) is 25.1 Å². The zero-order chi connectivity index (χ0) is 27.2. The summed E-state index contributed by atoms with van der Waals surface area (Å²) in [6.07, 6.45) is 1.06. The van der Waals surface area contributed by atoms with Crippen LogP contribution in [0.4, 0.5) is 14.5 Å². The third-order valence-electron chi connectivity index (χ3n) is 7.68. The standard InChI is InChI=1S/C28H27F2N5O3/c1-4-5-10-23(34(3)25(36)22-13-17-19(30)11-16(29)12-21(17)32-22)26(37)35-15-28(14-24(35)31-2)18-8-6-7-9-20(18)33-27(28)38/h6-9,11-13,23-24,32H,4-5,10,14-15H2,1,3H3,(H,33,38)/t23-,24-,28-/m0/s1. The average Bonchev–Trinajstić information content (AvgIpc) is 3.58. The maximum Gasteiger partial charge on any atom is 0.302 e. The van der Waals surface area contributed by atoms with E-state index in [-0.39, 0.29) is 35.5 Å². The molecule has 2 aliphatic rings. The van der Waals surface area contributed by atoms with E-state index in [9.17, 15) is 23.2 Å². The lowest BCUT2D eigenvalue weighted by atomic mass is 9.80. The number of carbonyl (C=O) groups excluding carboxylic acids is 3. The number of likely N-dealkylation sites (tertiary alicyclic amines) is 1. The molecule has 2 aromatic carbocycles. The Morgan fingerprint density at radius 1 is 1.26 bits per heavy atom. The van der Waals surface area contributed by atoms with E-state index in [0.29, 0.717) is 18.5 Å². The molecule has 3 amide bonds. The summed E-state index contributed by atoms with van der Waals surface area (Å²) in [6.45, 7) is 9.77. The molecule has 196 valence electrons. The number of nitrogens with zero attached hydrogens (tertiary/aromatic N) is 3. The quantitative estimate of drug-likeness (QED) is 0.472. The molecule has 3 heterocycles. The number of hydrogen-bond acceptors (Lipinski definition) is 3. The number of benzene rings is 2. The zero-order valence-electron chi connectivity index (χ0n) is 21.1. The van der Waals surface area contributed by atoms with Crippen LogP contribution < -0.4 is 5.32 Å². The van der Waals surface area contributed by atoms with Crippen LogP contribution in [0, 0.1) is 18.2 Å². The van der Waals surface area contributed by atoms with E-state index in [2.05, 4.69) is 15.1 Å². The Balaban J connectivity index is 1.45. The van der Waals surface area contributed by atoms with Gasteiger partial charge in [-0.05, 0) is 30.2 Å². The second-order valence-corrected chi connectivity index (χ2v) is 9.97. The normalized spacial score (nSPS) is 20.9. The fourth-order valence-corrected chi connectivity index (χ4v) is 5.63. The van der Waals surface area contributed by atoms with Crippen LogP contribution in [0.1, 0.15) is 48.7 Å². The molecule has 8 nitrogen and oxygen atoms in total.